The Hall–Kier alpha value is -2.69. The van der Waals surface area contributed by atoms with E-state index in [0.717, 1.165) is 4.31 Å². The van der Waals surface area contributed by atoms with Crippen molar-refractivity contribution in [3.8, 4) is 6.01 Å². The van der Waals surface area contributed by atoms with Crippen LogP contribution in [0.4, 0.5) is 10.7 Å². The topological polar surface area (TPSA) is 126 Å². The molecule has 0 aliphatic carbocycles. The maximum atomic E-state index is 12.0. The number of nitrogens with one attached hydrogen (secondary N) is 2. The lowest BCUT2D eigenvalue weighted by Crippen LogP contribution is -2.43. The number of nitrogens with zero attached hydrogens (tertiary/aromatic N) is 4. The third-order valence-electron chi connectivity index (χ3n) is 2.45. The summed E-state index contributed by atoms with van der Waals surface area (Å²) in [7, 11) is -2.64. The van der Waals surface area contributed by atoms with Gasteiger partial charge in [0.15, 0.2) is 0 Å². The number of carbonyl (C=O) groups is 1. The largest absolute Gasteiger partial charge is 0.467 e. The van der Waals surface area contributed by atoms with Gasteiger partial charge in [0.1, 0.15) is 5.82 Å². The number of urea groups is 1. The maximum absolute atomic E-state index is 12.0. The van der Waals surface area contributed by atoms with Crippen LogP contribution in [0.25, 0.3) is 0 Å². The van der Waals surface area contributed by atoms with Gasteiger partial charge in [-0.1, -0.05) is 12.2 Å². The number of ether oxygens (including phenoxy) is 1. The standard InChI is InChI=1S/C11H14N6O4S/c1-8-12-9(15-11(13-8)21-2)14-10(18)16-22(19,20)17-6-4-3-5-7-17/h3-6H,7H2,1-2H3,(H2,12,13,14,15,16,18). The number of rotatable bonds is 4. The Labute approximate surface area is 127 Å². The van der Waals surface area contributed by atoms with Gasteiger partial charge in [-0.3, -0.25) is 9.62 Å². The summed E-state index contributed by atoms with van der Waals surface area (Å²) in [6.45, 7) is 1.71. The molecular weight excluding hydrogens is 312 g/mol. The first kappa shape index (κ1) is 15.7. The average molecular weight is 326 g/mol. The van der Waals surface area contributed by atoms with Gasteiger partial charge in [0.2, 0.25) is 5.95 Å². The van der Waals surface area contributed by atoms with E-state index in [-0.39, 0.29) is 18.5 Å². The van der Waals surface area contributed by atoms with Gasteiger partial charge in [-0.15, -0.1) is 0 Å². The highest BCUT2D eigenvalue weighted by Gasteiger charge is 2.21. The molecule has 0 spiro atoms. The van der Waals surface area contributed by atoms with E-state index in [1.54, 1.807) is 25.2 Å². The van der Waals surface area contributed by atoms with Crippen LogP contribution in [0.1, 0.15) is 5.82 Å². The van der Waals surface area contributed by atoms with Crippen LogP contribution in [0.3, 0.4) is 0 Å². The Bertz CT molecular complexity index is 730. The molecule has 0 saturated carbocycles. The molecule has 0 unspecified atom stereocenters. The van der Waals surface area contributed by atoms with E-state index >= 15 is 0 Å². The number of allylic oxidation sites excluding steroid dienone is 2. The van der Waals surface area contributed by atoms with Crippen molar-refractivity contribution in [3.05, 3.63) is 30.3 Å². The minimum absolute atomic E-state index is 0.00904. The van der Waals surface area contributed by atoms with Crippen molar-refractivity contribution < 1.29 is 17.9 Å². The van der Waals surface area contributed by atoms with E-state index in [1.165, 1.54) is 13.3 Å². The first-order valence-corrected chi connectivity index (χ1v) is 7.55. The SMILES string of the molecule is COc1nc(C)nc(NC(=O)NS(=O)(=O)N2C=CC=CC2)n1. The number of aryl methyl sites for hydroxylation is 1. The third kappa shape index (κ3) is 3.91. The molecule has 0 radical (unpaired) electrons. The van der Waals surface area contributed by atoms with Crippen LogP contribution < -0.4 is 14.8 Å². The summed E-state index contributed by atoms with van der Waals surface area (Å²) in [4.78, 5) is 23.3. The van der Waals surface area contributed by atoms with Crippen molar-refractivity contribution in [1.29, 1.82) is 0 Å². The highest BCUT2D eigenvalue weighted by molar-refractivity contribution is 7.87. The first-order valence-electron chi connectivity index (χ1n) is 6.11. The highest BCUT2D eigenvalue weighted by Crippen LogP contribution is 2.07. The van der Waals surface area contributed by atoms with Crippen LogP contribution >= 0.6 is 0 Å². The lowest BCUT2D eigenvalue weighted by Gasteiger charge is -2.20. The van der Waals surface area contributed by atoms with Crippen molar-refractivity contribution in [2.75, 3.05) is 19.0 Å². The number of amides is 2. The summed E-state index contributed by atoms with van der Waals surface area (Å²) in [5, 5.41) is 2.21. The molecule has 0 atom stereocenters. The molecule has 0 aromatic carbocycles. The molecule has 0 fully saturated rings. The van der Waals surface area contributed by atoms with Gasteiger partial charge >= 0.3 is 22.3 Å². The molecule has 22 heavy (non-hydrogen) atoms. The highest BCUT2D eigenvalue weighted by atomic mass is 32.2. The minimum Gasteiger partial charge on any atom is -0.467 e. The molecule has 2 N–H and O–H groups in total. The van der Waals surface area contributed by atoms with E-state index in [1.807, 2.05) is 4.72 Å². The van der Waals surface area contributed by atoms with Crippen molar-refractivity contribution in [1.82, 2.24) is 24.0 Å². The average Bonchev–Trinajstić information content (AvgIpc) is 2.46. The van der Waals surface area contributed by atoms with Crippen LogP contribution in [-0.2, 0) is 10.2 Å². The molecule has 118 valence electrons. The normalized spacial score (nSPS) is 13.8. The number of carbonyl (C=O) groups excluding carboxylic acids is 1. The molecule has 1 aromatic heterocycles. The molecule has 0 saturated heterocycles. The fraction of sp³-hybridized carbons (Fsp3) is 0.273. The zero-order valence-electron chi connectivity index (χ0n) is 11.8. The summed E-state index contributed by atoms with van der Waals surface area (Å²) in [5.41, 5.74) is 0. The fourth-order valence-electron chi connectivity index (χ4n) is 1.54. The van der Waals surface area contributed by atoms with Crippen LogP contribution in [0, 0.1) is 6.92 Å². The summed E-state index contributed by atoms with van der Waals surface area (Å²) in [5.74, 6) is 0.195. The Morgan fingerprint density at radius 2 is 2.09 bits per heavy atom. The molecule has 0 bridgehead atoms. The van der Waals surface area contributed by atoms with Gasteiger partial charge in [-0.2, -0.15) is 23.4 Å². The van der Waals surface area contributed by atoms with Crippen molar-refractivity contribution in [3.63, 3.8) is 0 Å². The number of aromatic nitrogens is 3. The molecule has 2 rings (SSSR count). The lowest BCUT2D eigenvalue weighted by atomic mass is 10.4. The molecule has 2 heterocycles. The number of methoxy groups -OCH3 is 1. The molecule has 1 aliphatic rings. The van der Waals surface area contributed by atoms with E-state index in [9.17, 15) is 13.2 Å². The summed E-state index contributed by atoms with van der Waals surface area (Å²) < 4.78 is 31.6. The Balaban J connectivity index is 2.05. The van der Waals surface area contributed by atoms with E-state index in [2.05, 4.69) is 20.3 Å². The predicted octanol–water partition coefficient (Wildman–Crippen LogP) is -0.0596. The second-order valence-electron chi connectivity index (χ2n) is 4.09. The molecule has 10 nitrogen and oxygen atoms in total. The fourth-order valence-corrected chi connectivity index (χ4v) is 2.45. The lowest BCUT2D eigenvalue weighted by molar-refractivity contribution is 0.256. The number of hydrogen-bond donors (Lipinski definition) is 2. The van der Waals surface area contributed by atoms with Crippen molar-refractivity contribution >= 4 is 22.2 Å². The smallest absolute Gasteiger partial charge is 0.336 e. The van der Waals surface area contributed by atoms with Gasteiger partial charge in [-0.25, -0.2) is 9.52 Å². The van der Waals surface area contributed by atoms with Gasteiger partial charge < -0.3 is 4.74 Å². The first-order chi connectivity index (χ1) is 10.4. The van der Waals surface area contributed by atoms with Crippen molar-refractivity contribution in [2.45, 2.75) is 6.92 Å². The van der Waals surface area contributed by atoms with Gasteiger partial charge in [0.25, 0.3) is 0 Å². The second kappa shape index (κ2) is 6.39. The molecule has 2 amide bonds. The summed E-state index contributed by atoms with van der Waals surface area (Å²) in [6, 6.07) is -0.981. The second-order valence-corrected chi connectivity index (χ2v) is 5.72. The molecule has 1 aliphatic heterocycles. The molecule has 11 heteroatoms. The maximum Gasteiger partial charge on any atom is 0.336 e. The summed E-state index contributed by atoms with van der Waals surface area (Å²) in [6.07, 6.45) is 6.22. The predicted molar refractivity (Wildman–Crippen MR) is 77.2 cm³/mol. The van der Waals surface area contributed by atoms with Crippen molar-refractivity contribution in [2.24, 2.45) is 0 Å². The van der Waals surface area contributed by atoms with Crippen LogP contribution in [0.15, 0.2) is 24.4 Å². The third-order valence-corrected chi connectivity index (χ3v) is 3.78. The number of hydrogen-bond acceptors (Lipinski definition) is 7. The molecular formula is C11H14N6O4S. The van der Waals surface area contributed by atoms with E-state index in [0.29, 0.717) is 5.82 Å². The minimum atomic E-state index is -4.00. The van der Waals surface area contributed by atoms with E-state index in [4.69, 9.17) is 4.74 Å². The summed E-state index contributed by atoms with van der Waals surface area (Å²) >= 11 is 0. The Kier molecular flexibility index (Phi) is 4.56. The van der Waals surface area contributed by atoms with Gasteiger partial charge in [-0.05, 0) is 13.0 Å². The van der Waals surface area contributed by atoms with E-state index < -0.39 is 16.2 Å². The zero-order valence-corrected chi connectivity index (χ0v) is 12.7. The Morgan fingerprint density at radius 3 is 2.73 bits per heavy atom. The van der Waals surface area contributed by atoms with Crippen LogP contribution in [-0.4, -0.2) is 47.4 Å². The van der Waals surface area contributed by atoms with Crippen LogP contribution in [0.2, 0.25) is 0 Å². The zero-order chi connectivity index (χ0) is 16.2. The quantitative estimate of drug-likeness (QED) is 0.793. The monoisotopic (exact) mass is 326 g/mol. The van der Waals surface area contributed by atoms with Gasteiger partial charge in [0.05, 0.1) is 13.7 Å². The Morgan fingerprint density at radius 1 is 1.32 bits per heavy atom. The number of anilines is 1. The van der Waals surface area contributed by atoms with Crippen LogP contribution in [0.5, 0.6) is 6.01 Å². The van der Waals surface area contributed by atoms with Gasteiger partial charge in [0, 0.05) is 6.20 Å². The molecule has 1 aromatic rings.